The largest absolute Gasteiger partial charge is 0.441 e. The number of hydrazine groups is 1. The molecule has 0 unspecified atom stereocenters. The summed E-state index contributed by atoms with van der Waals surface area (Å²) < 4.78 is 35.3. The van der Waals surface area contributed by atoms with Crippen LogP contribution in [0.2, 0.25) is 0 Å². The average Bonchev–Trinajstić information content (AvgIpc) is 2.15. The summed E-state index contributed by atoms with van der Waals surface area (Å²) in [5.41, 5.74) is -1.88. The summed E-state index contributed by atoms with van der Waals surface area (Å²) in [5.74, 6) is 5.76. The third-order valence-corrected chi connectivity index (χ3v) is 2.15. The van der Waals surface area contributed by atoms with E-state index >= 15 is 0 Å². The highest BCUT2D eigenvalue weighted by atomic mass is 32.2. The molecule has 16 heavy (non-hydrogen) atoms. The lowest BCUT2D eigenvalue weighted by molar-refractivity contribution is -0.0327. The van der Waals surface area contributed by atoms with Gasteiger partial charge in [0.1, 0.15) is 0 Å². The van der Waals surface area contributed by atoms with Gasteiger partial charge in [0.25, 0.3) is 0 Å². The number of hydrogen-bond acceptors (Lipinski definition) is 3. The number of thioether (sulfide) groups is 1. The van der Waals surface area contributed by atoms with Crippen molar-refractivity contribution in [1.29, 1.82) is 0 Å². The van der Waals surface area contributed by atoms with Crippen molar-refractivity contribution in [3.8, 4) is 0 Å². The lowest BCUT2D eigenvalue weighted by Gasteiger charge is -2.10. The number of alkyl halides is 3. The van der Waals surface area contributed by atoms with Crippen molar-refractivity contribution >= 4 is 17.7 Å². The Kier molecular flexibility index (Phi) is 7.31. The van der Waals surface area contributed by atoms with E-state index < -0.39 is 5.51 Å². The smallest absolute Gasteiger partial charge is 0.354 e. The summed E-state index contributed by atoms with van der Waals surface area (Å²) in [5, 5.41) is 2.69. The van der Waals surface area contributed by atoms with Gasteiger partial charge in [-0.2, -0.15) is 13.2 Å². The highest BCUT2D eigenvalue weighted by molar-refractivity contribution is 8.00. The van der Waals surface area contributed by atoms with Crippen LogP contribution < -0.4 is 16.6 Å². The van der Waals surface area contributed by atoms with Gasteiger partial charge in [0.05, 0.1) is 0 Å². The lowest BCUT2D eigenvalue weighted by atomic mass is 10.2. The van der Waals surface area contributed by atoms with Gasteiger partial charge in [-0.3, -0.25) is 10.4 Å². The van der Waals surface area contributed by atoms with Crippen LogP contribution in [-0.4, -0.2) is 30.3 Å². The molecule has 0 aliphatic rings. The van der Waals surface area contributed by atoms with Crippen LogP contribution in [0.15, 0.2) is 4.99 Å². The maximum absolute atomic E-state index is 11.8. The van der Waals surface area contributed by atoms with E-state index in [-0.39, 0.29) is 24.1 Å². The number of rotatable bonds is 5. The molecule has 0 rings (SSSR count). The molecule has 0 atom stereocenters. The molecule has 0 aromatic carbocycles. The molecule has 8 heteroatoms. The van der Waals surface area contributed by atoms with Crippen molar-refractivity contribution in [1.82, 2.24) is 10.7 Å². The average molecular weight is 258 g/mol. The summed E-state index contributed by atoms with van der Waals surface area (Å²) >= 11 is -0.0757. The first-order valence-electron chi connectivity index (χ1n) is 4.80. The molecule has 0 spiro atoms. The Bertz CT molecular complexity index is 218. The summed E-state index contributed by atoms with van der Waals surface area (Å²) in [4.78, 5) is 4.05. The molecule has 0 fully saturated rings. The summed E-state index contributed by atoms with van der Waals surface area (Å²) in [6.45, 7) is 4.69. The molecule has 0 saturated carbocycles. The second kappa shape index (κ2) is 7.61. The molecule has 96 valence electrons. The Morgan fingerprint density at radius 1 is 1.44 bits per heavy atom. The third kappa shape index (κ3) is 9.91. The maximum Gasteiger partial charge on any atom is 0.441 e. The molecule has 0 aromatic rings. The van der Waals surface area contributed by atoms with Gasteiger partial charge in [-0.15, -0.1) is 0 Å². The van der Waals surface area contributed by atoms with E-state index in [4.69, 9.17) is 5.84 Å². The van der Waals surface area contributed by atoms with Crippen molar-refractivity contribution in [2.24, 2.45) is 16.8 Å². The van der Waals surface area contributed by atoms with Crippen molar-refractivity contribution in [3.05, 3.63) is 0 Å². The first-order chi connectivity index (χ1) is 7.35. The van der Waals surface area contributed by atoms with E-state index in [9.17, 15) is 13.2 Å². The minimum Gasteiger partial charge on any atom is -0.354 e. The number of aliphatic imine (C=N–C) groups is 1. The van der Waals surface area contributed by atoms with Gasteiger partial charge in [-0.05, 0) is 17.7 Å². The lowest BCUT2D eigenvalue weighted by Crippen LogP contribution is -2.42. The molecular formula is C8H17F3N4S. The second-order valence-electron chi connectivity index (χ2n) is 3.45. The van der Waals surface area contributed by atoms with Gasteiger partial charge >= 0.3 is 5.51 Å². The number of hydrogen-bond donors (Lipinski definition) is 3. The Morgan fingerprint density at radius 2 is 2.06 bits per heavy atom. The van der Waals surface area contributed by atoms with Gasteiger partial charge in [0.2, 0.25) is 5.96 Å². The Labute approximate surface area is 97.2 Å². The van der Waals surface area contributed by atoms with E-state index in [0.717, 1.165) is 0 Å². The van der Waals surface area contributed by atoms with Crippen molar-refractivity contribution in [2.45, 2.75) is 19.4 Å². The van der Waals surface area contributed by atoms with E-state index in [1.54, 1.807) is 0 Å². The Hall–Kier alpha value is -0.630. The molecule has 0 aromatic heterocycles. The molecule has 0 aliphatic heterocycles. The van der Waals surface area contributed by atoms with E-state index in [2.05, 4.69) is 15.7 Å². The van der Waals surface area contributed by atoms with E-state index in [0.29, 0.717) is 18.4 Å². The van der Waals surface area contributed by atoms with Crippen LogP contribution in [0.3, 0.4) is 0 Å². The van der Waals surface area contributed by atoms with Crippen LogP contribution in [0, 0.1) is 5.92 Å². The minimum atomic E-state index is -4.19. The van der Waals surface area contributed by atoms with Crippen molar-refractivity contribution in [2.75, 3.05) is 18.8 Å². The normalized spacial score (nSPS) is 13.1. The fourth-order valence-corrected chi connectivity index (χ4v) is 1.20. The van der Waals surface area contributed by atoms with Gasteiger partial charge in [0, 0.05) is 18.8 Å². The second-order valence-corrected chi connectivity index (χ2v) is 4.61. The third-order valence-electron chi connectivity index (χ3n) is 1.41. The molecule has 0 bridgehead atoms. The zero-order chi connectivity index (χ0) is 12.6. The number of guanidine groups is 1. The topological polar surface area (TPSA) is 62.4 Å². The first kappa shape index (κ1) is 15.4. The molecule has 4 nitrogen and oxygen atoms in total. The zero-order valence-corrected chi connectivity index (χ0v) is 10.1. The summed E-state index contributed by atoms with van der Waals surface area (Å²) in [6.07, 6.45) is 0. The van der Waals surface area contributed by atoms with Gasteiger partial charge in [-0.25, -0.2) is 5.84 Å². The Balaban J connectivity index is 3.75. The Morgan fingerprint density at radius 3 is 2.50 bits per heavy atom. The molecule has 4 N–H and O–H groups in total. The van der Waals surface area contributed by atoms with Crippen LogP contribution in [0.1, 0.15) is 13.8 Å². The van der Waals surface area contributed by atoms with E-state index in [1.165, 1.54) is 0 Å². The molecule has 0 amide bonds. The van der Waals surface area contributed by atoms with E-state index in [1.807, 2.05) is 13.8 Å². The van der Waals surface area contributed by atoms with Crippen LogP contribution in [0.4, 0.5) is 13.2 Å². The number of nitrogens with two attached hydrogens (primary N) is 1. The van der Waals surface area contributed by atoms with Crippen molar-refractivity contribution < 1.29 is 13.2 Å². The first-order valence-corrected chi connectivity index (χ1v) is 5.79. The van der Waals surface area contributed by atoms with Gasteiger partial charge in [0.15, 0.2) is 0 Å². The summed E-state index contributed by atoms with van der Waals surface area (Å²) in [6, 6.07) is 0. The molecule has 0 saturated heterocycles. The molecular weight excluding hydrogens is 241 g/mol. The van der Waals surface area contributed by atoms with Crippen LogP contribution in [-0.2, 0) is 0 Å². The fourth-order valence-electron chi connectivity index (χ4n) is 0.763. The SMILES string of the molecule is CC(C)CN=C(NN)NCCSC(F)(F)F. The highest BCUT2D eigenvalue weighted by Crippen LogP contribution is 2.29. The fraction of sp³-hybridized carbons (Fsp3) is 0.875. The minimum absolute atomic E-state index is 0.0757. The van der Waals surface area contributed by atoms with Crippen molar-refractivity contribution in [3.63, 3.8) is 0 Å². The van der Waals surface area contributed by atoms with Gasteiger partial charge in [-0.1, -0.05) is 13.8 Å². The predicted molar refractivity (Wildman–Crippen MR) is 61.0 cm³/mol. The quantitative estimate of drug-likeness (QED) is 0.229. The van der Waals surface area contributed by atoms with Crippen LogP contribution >= 0.6 is 11.8 Å². The van der Waals surface area contributed by atoms with Crippen LogP contribution in [0.25, 0.3) is 0 Å². The number of nitrogens with one attached hydrogen (secondary N) is 2. The molecule has 0 radical (unpaired) electrons. The monoisotopic (exact) mass is 258 g/mol. The highest BCUT2D eigenvalue weighted by Gasteiger charge is 2.27. The van der Waals surface area contributed by atoms with Gasteiger partial charge < -0.3 is 5.32 Å². The van der Waals surface area contributed by atoms with Crippen LogP contribution in [0.5, 0.6) is 0 Å². The molecule has 0 aliphatic carbocycles. The zero-order valence-electron chi connectivity index (χ0n) is 9.27. The maximum atomic E-state index is 11.8. The number of nitrogens with zero attached hydrogens (tertiary/aromatic N) is 1. The predicted octanol–water partition coefficient (Wildman–Crippen LogP) is 1.30. The standard InChI is InChI=1S/C8H17F3N4S/c1-6(2)5-14-7(15-12)13-3-4-16-8(9,10)11/h6H,3-5,12H2,1-2H3,(H2,13,14,15). The number of halogens is 3. The molecule has 0 heterocycles. The summed E-state index contributed by atoms with van der Waals surface area (Å²) in [7, 11) is 0.